The van der Waals surface area contributed by atoms with Gasteiger partial charge < -0.3 is 97.4 Å². The minimum absolute atomic E-state index is 0.0118. The van der Waals surface area contributed by atoms with E-state index in [1.807, 2.05) is 0 Å². The number of aliphatic hydroxyl groups is 2. The van der Waals surface area contributed by atoms with Crippen LogP contribution in [-0.2, 0) is 59.2 Å². The van der Waals surface area contributed by atoms with E-state index in [2.05, 4.69) is 101 Å². The molecule has 0 radical (unpaired) electrons. The largest absolute Gasteiger partial charge is 0.391 e. The number of nitrogens with one attached hydrogen (secondary N) is 11. The molecule has 1 heterocycles. The lowest BCUT2D eigenvalue weighted by Gasteiger charge is -2.29. The summed E-state index contributed by atoms with van der Waals surface area (Å²) < 4.78 is 0. The zero-order chi connectivity index (χ0) is 63.8. The first-order valence-corrected chi connectivity index (χ1v) is 30.1. The molecule has 1 saturated heterocycles. The Bertz CT molecular complexity index is 2320. The summed E-state index contributed by atoms with van der Waals surface area (Å²) in [7, 11) is 0. The van der Waals surface area contributed by atoms with Crippen molar-refractivity contribution in [1.82, 2.24) is 58.5 Å². The van der Waals surface area contributed by atoms with Crippen molar-refractivity contribution >= 4 is 65.0 Å². The van der Waals surface area contributed by atoms with Gasteiger partial charge in [0.05, 0.1) is 44.9 Å². The van der Waals surface area contributed by atoms with Crippen molar-refractivity contribution < 1.29 is 91.6 Å². The highest BCUT2D eigenvalue weighted by molar-refractivity contribution is 5.99. The van der Waals surface area contributed by atoms with E-state index < -0.39 is 151 Å². The van der Waals surface area contributed by atoms with Crippen molar-refractivity contribution in [1.29, 1.82) is 0 Å². The molecule has 2 unspecified atom stereocenters. The SMILES string of the molecule is CCC(C)C1NC(=O)[C@@H](Cc2ccccc2)NC(=O)[C@H](CC[NH3+])NC(=O)[C@@H](NC(=O)[C@H](CC[NH3+])NC(=O)[C@@H](NC(=O)[C@H](CC[NH3+])NC(=O)CCCC[C@H](C)CC)[C@@H](C)O)CCNC(=O)[C@H]([C@@H](C)O)NC(=O)[C@H](CC[NH3+])NC(=O)[C@H](CC[NH3+])NC1=O. The third-order valence-electron chi connectivity index (χ3n) is 14.9. The number of benzene rings is 1. The molecule has 0 saturated carbocycles. The van der Waals surface area contributed by atoms with E-state index in [4.69, 9.17) is 0 Å². The lowest BCUT2D eigenvalue weighted by atomic mass is 9.96. The van der Waals surface area contributed by atoms with Crippen LogP contribution in [0.15, 0.2) is 30.3 Å². The molecular weight excluding hydrogens is 1100 g/mol. The summed E-state index contributed by atoms with van der Waals surface area (Å²) in [6.45, 7) is 10.4. The van der Waals surface area contributed by atoms with Crippen molar-refractivity contribution in [3.63, 3.8) is 0 Å². The van der Waals surface area contributed by atoms with E-state index in [-0.39, 0.29) is 83.6 Å². The van der Waals surface area contributed by atoms with Gasteiger partial charge >= 0.3 is 0 Å². The molecule has 0 spiro atoms. The molecule has 14 atom stereocenters. The highest BCUT2D eigenvalue weighted by Gasteiger charge is 2.38. The van der Waals surface area contributed by atoms with Crippen LogP contribution in [0.3, 0.4) is 0 Å². The fourth-order valence-corrected chi connectivity index (χ4v) is 9.28. The molecule has 1 aliphatic rings. The van der Waals surface area contributed by atoms with Gasteiger partial charge in [-0.3, -0.25) is 52.7 Å². The smallest absolute Gasteiger partial charge is 0.245 e. The number of quaternary nitrogens is 5. The van der Waals surface area contributed by atoms with Gasteiger partial charge in [0.2, 0.25) is 65.0 Å². The van der Waals surface area contributed by atoms with Crippen LogP contribution < -0.4 is 87.2 Å². The molecule has 29 heteroatoms. The monoisotopic (exact) mass is 1210 g/mol. The molecule has 0 bridgehead atoms. The molecule has 28 N–H and O–H groups in total. The third-order valence-corrected chi connectivity index (χ3v) is 14.9. The van der Waals surface area contributed by atoms with E-state index in [0.717, 1.165) is 19.3 Å². The molecule has 480 valence electrons. The van der Waals surface area contributed by atoms with Gasteiger partial charge in [-0.2, -0.15) is 0 Å². The molecule has 1 fully saturated rings. The molecule has 29 nitrogen and oxygen atoms in total. The van der Waals surface area contributed by atoms with Gasteiger partial charge in [-0.05, 0) is 44.1 Å². The van der Waals surface area contributed by atoms with Gasteiger partial charge in [0.25, 0.3) is 0 Å². The lowest BCUT2D eigenvalue weighted by Crippen LogP contribution is -2.64. The molecule has 2 rings (SSSR count). The number of amides is 11. The quantitative estimate of drug-likeness (QED) is 0.0332. The zero-order valence-corrected chi connectivity index (χ0v) is 50.8. The standard InChI is InChI=1S/C56H98N16O13/c1-7-31(3)14-12-13-17-43(75)63-36(18-24-57)51(80)72-46(34(6)74)56(85)68-39(21-27-60)48(77)66-41-23-29-62-54(83)45(33(5)73)71-52(81)40(22-28-61)65-47(76)38(20-26-59)67-55(84)44(32(4)8-2)70-53(82)42(30-35-15-10-9-11-16-35)69-49(78)37(19-25-58)64-50(41)79/h9-11,15-16,31-34,36-42,44-46,73-74H,7-8,12-14,17-30,57-61H2,1-6H3,(H,62,83)(H,63,75)(H,64,79)(H,65,76)(H,66,77)(H,67,84)(H,68,85)(H,69,78)(H,70,82)(H,71,81)(H,72,80)/p+5/t31-,32?,33-,34-,36+,37+,38+,39+,40+,41+,42-,44?,45+,46+/m1/s1. The Hall–Kier alpha value is -6.89. The first-order valence-electron chi connectivity index (χ1n) is 30.1. The van der Waals surface area contributed by atoms with Crippen LogP contribution in [0.5, 0.6) is 0 Å². The van der Waals surface area contributed by atoms with Gasteiger partial charge in [-0.25, -0.2) is 0 Å². The van der Waals surface area contributed by atoms with Gasteiger partial charge in [0.15, 0.2) is 0 Å². The van der Waals surface area contributed by atoms with Crippen LogP contribution in [0, 0.1) is 11.8 Å². The average molecular weight is 1210 g/mol. The summed E-state index contributed by atoms with van der Waals surface area (Å²) in [6, 6.07) is -5.44. The van der Waals surface area contributed by atoms with Gasteiger partial charge in [0.1, 0.15) is 60.4 Å². The van der Waals surface area contributed by atoms with Crippen molar-refractivity contribution in [3.8, 4) is 0 Å². The average Bonchev–Trinajstić information content (AvgIpc) is 3.58. The molecule has 11 amide bonds. The predicted octanol–water partition coefficient (Wildman–Crippen LogP) is -8.83. The summed E-state index contributed by atoms with van der Waals surface area (Å²) in [4.78, 5) is 154. The Morgan fingerprint density at radius 1 is 0.553 bits per heavy atom. The third kappa shape index (κ3) is 26.1. The Balaban J connectivity index is 2.68. The highest BCUT2D eigenvalue weighted by atomic mass is 16.3. The Kier molecular flexibility index (Phi) is 34.6. The first kappa shape index (κ1) is 74.2. The number of unbranched alkanes of at least 4 members (excludes halogenated alkanes) is 1. The van der Waals surface area contributed by atoms with Crippen LogP contribution in [0.25, 0.3) is 0 Å². The lowest BCUT2D eigenvalue weighted by molar-refractivity contribution is -0.369. The molecule has 1 aliphatic heterocycles. The highest BCUT2D eigenvalue weighted by Crippen LogP contribution is 2.14. The second-order valence-electron chi connectivity index (χ2n) is 22.1. The zero-order valence-electron chi connectivity index (χ0n) is 50.8. The van der Waals surface area contributed by atoms with Crippen LogP contribution in [0.2, 0.25) is 0 Å². The molecule has 0 aliphatic carbocycles. The summed E-state index contributed by atoms with van der Waals surface area (Å²) in [5.74, 6) is -9.12. The molecule has 85 heavy (non-hydrogen) atoms. The van der Waals surface area contributed by atoms with E-state index in [0.29, 0.717) is 24.3 Å². The Labute approximate surface area is 498 Å². The van der Waals surface area contributed by atoms with Gasteiger partial charge in [-0.1, -0.05) is 83.7 Å². The molecule has 1 aromatic rings. The molecule has 1 aromatic carbocycles. The van der Waals surface area contributed by atoms with Crippen LogP contribution in [0.4, 0.5) is 0 Å². The number of hydrogen-bond acceptors (Lipinski definition) is 13. The Morgan fingerprint density at radius 3 is 1.58 bits per heavy atom. The van der Waals surface area contributed by atoms with E-state index in [9.17, 15) is 63.0 Å². The maximum absolute atomic E-state index is 14.6. The molecular formula is C56H103N16O13+5. The molecule has 0 aromatic heterocycles. The van der Waals surface area contributed by atoms with Crippen LogP contribution in [-0.4, -0.2) is 187 Å². The maximum atomic E-state index is 14.6. The van der Waals surface area contributed by atoms with E-state index >= 15 is 0 Å². The second-order valence-corrected chi connectivity index (χ2v) is 22.1. The van der Waals surface area contributed by atoms with Gasteiger partial charge in [-0.15, -0.1) is 0 Å². The van der Waals surface area contributed by atoms with Crippen LogP contribution in [0.1, 0.15) is 124 Å². The number of carbonyl (C=O) groups is 11. The summed E-state index contributed by atoms with van der Waals surface area (Å²) in [6.07, 6.45) is 0.219. The summed E-state index contributed by atoms with van der Waals surface area (Å²) in [5, 5.41) is 50.4. The summed E-state index contributed by atoms with van der Waals surface area (Å²) in [5.41, 5.74) is 19.7. The van der Waals surface area contributed by atoms with Gasteiger partial charge in [0, 0.05) is 51.5 Å². The first-order chi connectivity index (χ1) is 40.4. The van der Waals surface area contributed by atoms with Crippen LogP contribution >= 0.6 is 0 Å². The van der Waals surface area contributed by atoms with E-state index in [1.54, 1.807) is 44.2 Å². The maximum Gasteiger partial charge on any atom is 0.245 e. The van der Waals surface area contributed by atoms with Crippen molar-refractivity contribution in [2.45, 2.75) is 198 Å². The second kappa shape index (κ2) is 39.7. The normalized spacial score (nSPS) is 23.2. The predicted molar refractivity (Wildman–Crippen MR) is 310 cm³/mol. The number of rotatable bonds is 29. The number of hydrogen-bond donors (Lipinski definition) is 18. The Morgan fingerprint density at radius 2 is 1.06 bits per heavy atom. The fourth-order valence-electron chi connectivity index (χ4n) is 9.28. The summed E-state index contributed by atoms with van der Waals surface area (Å²) >= 11 is 0. The van der Waals surface area contributed by atoms with E-state index in [1.165, 1.54) is 13.8 Å². The minimum Gasteiger partial charge on any atom is -0.391 e. The number of carbonyl (C=O) groups excluding carboxylic acids is 11. The van der Waals surface area contributed by atoms with Crippen molar-refractivity contribution in [3.05, 3.63) is 35.9 Å². The van der Waals surface area contributed by atoms with Crippen molar-refractivity contribution in [2.24, 2.45) is 11.8 Å². The minimum atomic E-state index is -1.65. The number of aliphatic hydroxyl groups excluding tert-OH is 2. The van der Waals surface area contributed by atoms with Crippen molar-refractivity contribution in [2.75, 3.05) is 39.3 Å². The topological polar surface area (TPSA) is 499 Å². The fraction of sp³-hybridized carbons (Fsp3) is 0.696.